The first-order valence-corrected chi connectivity index (χ1v) is 7.51. The van der Waals surface area contributed by atoms with Crippen LogP contribution >= 0.6 is 11.8 Å². The summed E-state index contributed by atoms with van der Waals surface area (Å²) in [6, 6.07) is 7.71. The number of allylic oxidation sites excluding steroid dienone is 1. The zero-order valence-corrected chi connectivity index (χ0v) is 12.9. The minimum absolute atomic E-state index is 0.0533. The molecule has 0 fully saturated rings. The Labute approximate surface area is 128 Å². The van der Waals surface area contributed by atoms with Crippen LogP contribution in [-0.2, 0) is 11.3 Å². The number of anilines is 1. The van der Waals surface area contributed by atoms with Crippen molar-refractivity contribution in [3.05, 3.63) is 48.8 Å². The molecule has 6 heteroatoms. The molecule has 5 nitrogen and oxygen atoms in total. The van der Waals surface area contributed by atoms with Gasteiger partial charge in [-0.1, -0.05) is 36.0 Å². The fraction of sp³-hybridized carbons (Fsp3) is 0.267. The topological polar surface area (TPSA) is 59.8 Å². The van der Waals surface area contributed by atoms with Crippen LogP contribution in [0.2, 0.25) is 0 Å². The predicted octanol–water partition coefficient (Wildman–Crippen LogP) is 2.89. The molecule has 21 heavy (non-hydrogen) atoms. The number of carbonyl (C=O) groups is 1. The second-order valence-corrected chi connectivity index (χ2v) is 5.93. The second kappa shape index (κ2) is 7.08. The summed E-state index contributed by atoms with van der Waals surface area (Å²) < 4.78 is 1.86. The summed E-state index contributed by atoms with van der Waals surface area (Å²) in [5.74, 6) is -0.0533. The number of carbonyl (C=O) groups excluding carboxylic acids is 1. The summed E-state index contributed by atoms with van der Waals surface area (Å²) in [7, 11) is 0. The Balaban J connectivity index is 2.01. The van der Waals surface area contributed by atoms with Crippen molar-refractivity contribution in [2.24, 2.45) is 0 Å². The zero-order chi connectivity index (χ0) is 15.2. The van der Waals surface area contributed by atoms with Gasteiger partial charge in [-0.2, -0.15) is 0 Å². The van der Waals surface area contributed by atoms with E-state index in [1.807, 2.05) is 42.7 Å². The average molecular weight is 302 g/mol. The van der Waals surface area contributed by atoms with Crippen molar-refractivity contribution >= 4 is 23.4 Å². The number of thioether (sulfide) groups is 1. The number of rotatable bonds is 6. The Morgan fingerprint density at radius 1 is 1.52 bits per heavy atom. The SMILES string of the molecule is C=CCn1cnnc1S[C@@H](C)C(=O)Nc1ccccc1C. The minimum Gasteiger partial charge on any atom is -0.325 e. The summed E-state index contributed by atoms with van der Waals surface area (Å²) in [5.41, 5.74) is 1.88. The molecule has 2 rings (SSSR count). The molecule has 0 saturated heterocycles. The number of hydrogen-bond donors (Lipinski definition) is 1. The fourth-order valence-electron chi connectivity index (χ4n) is 1.76. The van der Waals surface area contributed by atoms with E-state index in [1.165, 1.54) is 11.8 Å². The Bertz CT molecular complexity index is 638. The third-order valence-corrected chi connectivity index (χ3v) is 4.05. The van der Waals surface area contributed by atoms with Crippen LogP contribution in [-0.4, -0.2) is 25.9 Å². The van der Waals surface area contributed by atoms with E-state index in [4.69, 9.17) is 0 Å². The Hall–Kier alpha value is -2.08. The summed E-state index contributed by atoms with van der Waals surface area (Å²) >= 11 is 1.38. The minimum atomic E-state index is -0.266. The highest BCUT2D eigenvalue weighted by atomic mass is 32.2. The van der Waals surface area contributed by atoms with Gasteiger partial charge < -0.3 is 9.88 Å². The smallest absolute Gasteiger partial charge is 0.237 e. The van der Waals surface area contributed by atoms with Gasteiger partial charge in [0.2, 0.25) is 5.91 Å². The van der Waals surface area contributed by atoms with Gasteiger partial charge in [0, 0.05) is 12.2 Å². The standard InChI is InChI=1S/C15H18N4OS/c1-4-9-19-10-16-18-15(19)21-12(3)14(20)17-13-8-6-5-7-11(13)2/h4-8,10,12H,1,9H2,2-3H3,(H,17,20)/t12-/m0/s1. The van der Waals surface area contributed by atoms with Crippen LogP contribution in [0.15, 0.2) is 48.4 Å². The number of para-hydroxylation sites is 1. The highest BCUT2D eigenvalue weighted by Crippen LogP contribution is 2.23. The molecule has 0 radical (unpaired) electrons. The molecular formula is C15H18N4OS. The van der Waals surface area contributed by atoms with E-state index in [1.54, 1.807) is 12.4 Å². The highest BCUT2D eigenvalue weighted by Gasteiger charge is 2.18. The Kier molecular flexibility index (Phi) is 5.16. The molecule has 0 spiro atoms. The summed E-state index contributed by atoms with van der Waals surface area (Å²) in [5, 5.41) is 11.3. The molecule has 0 aliphatic carbocycles. The highest BCUT2D eigenvalue weighted by molar-refractivity contribution is 8.00. The lowest BCUT2D eigenvalue weighted by molar-refractivity contribution is -0.115. The number of benzene rings is 1. The van der Waals surface area contributed by atoms with Gasteiger partial charge in [0.1, 0.15) is 6.33 Å². The van der Waals surface area contributed by atoms with E-state index in [2.05, 4.69) is 22.1 Å². The van der Waals surface area contributed by atoms with Crippen molar-refractivity contribution in [1.29, 1.82) is 0 Å². The molecule has 1 atom stereocenters. The average Bonchev–Trinajstić information content (AvgIpc) is 2.89. The molecule has 0 aliphatic heterocycles. The van der Waals surface area contributed by atoms with Crippen molar-refractivity contribution in [3.63, 3.8) is 0 Å². The van der Waals surface area contributed by atoms with Gasteiger partial charge in [-0.05, 0) is 25.5 Å². The van der Waals surface area contributed by atoms with E-state index >= 15 is 0 Å². The van der Waals surface area contributed by atoms with Gasteiger partial charge in [0.15, 0.2) is 5.16 Å². The molecule has 1 aromatic heterocycles. The maximum Gasteiger partial charge on any atom is 0.237 e. The molecule has 0 bridgehead atoms. The van der Waals surface area contributed by atoms with Crippen molar-refractivity contribution in [1.82, 2.24) is 14.8 Å². The van der Waals surface area contributed by atoms with Crippen LogP contribution in [0.25, 0.3) is 0 Å². The van der Waals surface area contributed by atoms with Crippen LogP contribution in [0, 0.1) is 6.92 Å². The van der Waals surface area contributed by atoms with Crippen LogP contribution in [0.5, 0.6) is 0 Å². The van der Waals surface area contributed by atoms with Gasteiger partial charge in [-0.25, -0.2) is 0 Å². The molecule has 0 aliphatic rings. The van der Waals surface area contributed by atoms with E-state index in [-0.39, 0.29) is 11.2 Å². The maximum absolute atomic E-state index is 12.3. The largest absolute Gasteiger partial charge is 0.325 e. The third kappa shape index (κ3) is 3.95. The van der Waals surface area contributed by atoms with Crippen molar-refractivity contribution in [2.45, 2.75) is 30.8 Å². The zero-order valence-electron chi connectivity index (χ0n) is 12.1. The normalized spacial score (nSPS) is 11.9. The molecule has 110 valence electrons. The summed E-state index contributed by atoms with van der Waals surface area (Å²) in [6.07, 6.45) is 3.40. The van der Waals surface area contributed by atoms with E-state index in [0.29, 0.717) is 11.7 Å². The molecule has 1 heterocycles. The molecule has 1 aromatic carbocycles. The number of hydrogen-bond acceptors (Lipinski definition) is 4. The van der Waals surface area contributed by atoms with Gasteiger partial charge in [-0.15, -0.1) is 16.8 Å². The van der Waals surface area contributed by atoms with Crippen LogP contribution in [0.4, 0.5) is 5.69 Å². The first-order chi connectivity index (χ1) is 10.1. The number of nitrogens with zero attached hydrogens (tertiary/aromatic N) is 3. The number of nitrogens with one attached hydrogen (secondary N) is 1. The quantitative estimate of drug-likeness (QED) is 0.658. The number of aromatic nitrogens is 3. The molecule has 0 unspecified atom stereocenters. The molecule has 0 saturated carbocycles. The van der Waals surface area contributed by atoms with E-state index in [0.717, 1.165) is 11.3 Å². The first-order valence-electron chi connectivity index (χ1n) is 6.63. The fourth-order valence-corrected chi connectivity index (χ4v) is 2.59. The van der Waals surface area contributed by atoms with Crippen LogP contribution in [0.1, 0.15) is 12.5 Å². The Morgan fingerprint density at radius 2 is 2.29 bits per heavy atom. The maximum atomic E-state index is 12.3. The van der Waals surface area contributed by atoms with Crippen molar-refractivity contribution in [3.8, 4) is 0 Å². The Morgan fingerprint density at radius 3 is 3.00 bits per heavy atom. The number of aryl methyl sites for hydroxylation is 1. The van der Waals surface area contributed by atoms with Gasteiger partial charge in [-0.3, -0.25) is 4.79 Å². The van der Waals surface area contributed by atoms with E-state index in [9.17, 15) is 4.79 Å². The second-order valence-electron chi connectivity index (χ2n) is 4.62. The van der Waals surface area contributed by atoms with E-state index < -0.39 is 0 Å². The first kappa shape index (κ1) is 15.3. The lowest BCUT2D eigenvalue weighted by Gasteiger charge is -2.13. The summed E-state index contributed by atoms with van der Waals surface area (Å²) in [6.45, 7) is 8.14. The van der Waals surface area contributed by atoms with Gasteiger partial charge >= 0.3 is 0 Å². The number of amides is 1. The summed E-state index contributed by atoms with van der Waals surface area (Å²) in [4.78, 5) is 12.3. The lowest BCUT2D eigenvalue weighted by Crippen LogP contribution is -2.23. The molecule has 1 N–H and O–H groups in total. The predicted molar refractivity (Wildman–Crippen MR) is 85.3 cm³/mol. The van der Waals surface area contributed by atoms with Crippen molar-refractivity contribution < 1.29 is 4.79 Å². The molecule has 2 aromatic rings. The van der Waals surface area contributed by atoms with Gasteiger partial charge in [0.25, 0.3) is 0 Å². The van der Waals surface area contributed by atoms with Gasteiger partial charge in [0.05, 0.1) is 5.25 Å². The molecule has 1 amide bonds. The van der Waals surface area contributed by atoms with Crippen LogP contribution < -0.4 is 5.32 Å². The van der Waals surface area contributed by atoms with Crippen LogP contribution in [0.3, 0.4) is 0 Å². The lowest BCUT2D eigenvalue weighted by atomic mass is 10.2. The monoisotopic (exact) mass is 302 g/mol. The third-order valence-electron chi connectivity index (χ3n) is 2.96. The molecular weight excluding hydrogens is 284 g/mol. The van der Waals surface area contributed by atoms with Crippen molar-refractivity contribution in [2.75, 3.05) is 5.32 Å².